The molecule has 1 aromatic carbocycles. The second kappa shape index (κ2) is 10.7. The van der Waals surface area contributed by atoms with Crippen LogP contribution in [0.1, 0.15) is 51.4 Å². The van der Waals surface area contributed by atoms with E-state index in [0.717, 1.165) is 51.0 Å². The van der Waals surface area contributed by atoms with Crippen molar-refractivity contribution >= 4 is 29.2 Å². The lowest BCUT2D eigenvalue weighted by molar-refractivity contribution is -0.116. The third kappa shape index (κ3) is 6.99. The molecule has 1 aromatic rings. The molecule has 0 aromatic heterocycles. The Kier molecular flexibility index (Phi) is 7.98. The number of nitrogens with one attached hydrogen (secondary N) is 3. The summed E-state index contributed by atoms with van der Waals surface area (Å²) >= 11 is 5.94. The number of urea groups is 1. The topological polar surface area (TPSA) is 73.5 Å². The van der Waals surface area contributed by atoms with Crippen molar-refractivity contribution in [3.63, 3.8) is 0 Å². The SMILES string of the molecule is O=C(CCN1CCC(NC(=O)NC2CCCCC2)CC1)Nc1cccc(Cl)c1. The summed E-state index contributed by atoms with van der Waals surface area (Å²) in [5.41, 5.74) is 0.726. The molecule has 1 aliphatic carbocycles. The minimum Gasteiger partial charge on any atom is -0.335 e. The van der Waals surface area contributed by atoms with Gasteiger partial charge in [0.1, 0.15) is 0 Å². The van der Waals surface area contributed by atoms with Crippen LogP contribution in [-0.4, -0.2) is 48.6 Å². The monoisotopic (exact) mass is 406 g/mol. The molecule has 3 amide bonds. The molecular weight excluding hydrogens is 376 g/mol. The molecule has 7 heteroatoms. The largest absolute Gasteiger partial charge is 0.335 e. The number of benzene rings is 1. The van der Waals surface area contributed by atoms with Crippen LogP contribution in [0.4, 0.5) is 10.5 Å². The molecule has 0 unspecified atom stereocenters. The molecule has 6 nitrogen and oxygen atoms in total. The molecule has 3 N–H and O–H groups in total. The number of carbonyl (C=O) groups excluding carboxylic acids is 2. The number of piperidine rings is 1. The quantitative estimate of drug-likeness (QED) is 0.673. The third-order valence-corrected chi connectivity index (χ3v) is 5.86. The first-order valence-electron chi connectivity index (χ1n) is 10.4. The first-order valence-corrected chi connectivity index (χ1v) is 10.8. The molecule has 0 spiro atoms. The summed E-state index contributed by atoms with van der Waals surface area (Å²) in [6, 6.07) is 7.72. The van der Waals surface area contributed by atoms with E-state index in [4.69, 9.17) is 11.6 Å². The standard InChI is InChI=1S/C21H31ClN4O2/c22-16-5-4-8-19(15-16)23-20(27)11-14-26-12-9-18(10-13-26)25-21(28)24-17-6-2-1-3-7-17/h4-5,8,15,17-18H,1-3,6-7,9-14H2,(H,23,27)(H2,24,25,28). The minimum atomic E-state index is -0.0220. The molecular formula is C21H31ClN4O2. The van der Waals surface area contributed by atoms with Crippen LogP contribution in [-0.2, 0) is 4.79 Å². The fourth-order valence-corrected chi connectivity index (χ4v) is 4.20. The van der Waals surface area contributed by atoms with Crippen LogP contribution in [0, 0.1) is 0 Å². The van der Waals surface area contributed by atoms with E-state index in [1.54, 1.807) is 12.1 Å². The highest BCUT2D eigenvalue weighted by atomic mass is 35.5. The van der Waals surface area contributed by atoms with Gasteiger partial charge in [-0.1, -0.05) is 36.9 Å². The van der Waals surface area contributed by atoms with Crippen LogP contribution >= 0.6 is 11.6 Å². The van der Waals surface area contributed by atoms with Crippen LogP contribution in [0.2, 0.25) is 5.02 Å². The summed E-state index contributed by atoms with van der Waals surface area (Å²) in [5.74, 6) is -0.00521. The zero-order chi connectivity index (χ0) is 19.8. The maximum atomic E-state index is 12.2. The number of nitrogens with zero attached hydrogens (tertiary/aromatic N) is 1. The van der Waals surface area contributed by atoms with Gasteiger partial charge >= 0.3 is 6.03 Å². The minimum absolute atomic E-state index is 0.00521. The summed E-state index contributed by atoms with van der Waals surface area (Å²) in [6.45, 7) is 2.53. The van der Waals surface area contributed by atoms with Crippen molar-refractivity contribution in [3.8, 4) is 0 Å². The number of carbonyl (C=O) groups is 2. The Bertz CT molecular complexity index is 656. The van der Waals surface area contributed by atoms with Gasteiger partial charge in [-0.15, -0.1) is 0 Å². The summed E-state index contributed by atoms with van der Waals surface area (Å²) in [4.78, 5) is 26.6. The van der Waals surface area contributed by atoms with E-state index in [2.05, 4.69) is 20.9 Å². The van der Waals surface area contributed by atoms with E-state index in [-0.39, 0.29) is 18.0 Å². The predicted octanol–water partition coefficient (Wildman–Crippen LogP) is 3.76. The fraction of sp³-hybridized carbons (Fsp3) is 0.619. The van der Waals surface area contributed by atoms with Crippen molar-refractivity contribution in [2.75, 3.05) is 25.0 Å². The Morgan fingerprint density at radius 2 is 1.68 bits per heavy atom. The summed E-state index contributed by atoms with van der Waals surface area (Å²) in [5, 5.41) is 9.73. The number of hydrogen-bond donors (Lipinski definition) is 3. The van der Waals surface area contributed by atoms with E-state index < -0.39 is 0 Å². The van der Waals surface area contributed by atoms with Gasteiger partial charge in [-0.25, -0.2) is 4.79 Å². The first kappa shape index (κ1) is 20.9. The number of hydrogen-bond acceptors (Lipinski definition) is 3. The van der Waals surface area contributed by atoms with Gasteiger partial charge < -0.3 is 20.9 Å². The van der Waals surface area contributed by atoms with Crippen LogP contribution in [0.5, 0.6) is 0 Å². The Hall–Kier alpha value is -1.79. The van der Waals surface area contributed by atoms with E-state index in [0.29, 0.717) is 17.5 Å². The van der Waals surface area contributed by atoms with Gasteiger partial charge in [0.15, 0.2) is 0 Å². The summed E-state index contributed by atoms with van der Waals surface area (Å²) in [7, 11) is 0. The number of anilines is 1. The van der Waals surface area contributed by atoms with Crippen LogP contribution in [0.3, 0.4) is 0 Å². The highest BCUT2D eigenvalue weighted by Crippen LogP contribution is 2.18. The van der Waals surface area contributed by atoms with Crippen LogP contribution in [0.25, 0.3) is 0 Å². The molecule has 0 atom stereocenters. The molecule has 2 fully saturated rings. The maximum absolute atomic E-state index is 12.2. The van der Waals surface area contributed by atoms with Gasteiger partial charge in [-0.2, -0.15) is 0 Å². The van der Waals surface area contributed by atoms with E-state index >= 15 is 0 Å². The molecule has 28 heavy (non-hydrogen) atoms. The zero-order valence-corrected chi connectivity index (χ0v) is 17.1. The highest BCUT2D eigenvalue weighted by Gasteiger charge is 2.22. The average Bonchev–Trinajstić information content (AvgIpc) is 2.68. The van der Waals surface area contributed by atoms with E-state index in [1.165, 1.54) is 19.3 Å². The Labute approximate surface area is 172 Å². The third-order valence-electron chi connectivity index (χ3n) is 5.63. The van der Waals surface area contributed by atoms with Gasteiger partial charge in [0.05, 0.1) is 0 Å². The van der Waals surface area contributed by atoms with E-state index in [9.17, 15) is 9.59 Å². The van der Waals surface area contributed by atoms with Gasteiger partial charge in [-0.05, 0) is 43.9 Å². The Morgan fingerprint density at radius 1 is 1.00 bits per heavy atom. The van der Waals surface area contributed by atoms with Crippen molar-refractivity contribution in [1.82, 2.24) is 15.5 Å². The van der Waals surface area contributed by atoms with Gasteiger partial charge in [0.2, 0.25) is 5.91 Å². The number of rotatable bonds is 6. The molecule has 2 aliphatic rings. The Morgan fingerprint density at radius 3 is 2.36 bits per heavy atom. The second-order valence-electron chi connectivity index (χ2n) is 7.88. The molecule has 1 aliphatic heterocycles. The smallest absolute Gasteiger partial charge is 0.315 e. The van der Waals surface area contributed by atoms with Crippen LogP contribution < -0.4 is 16.0 Å². The zero-order valence-electron chi connectivity index (χ0n) is 16.4. The number of halogens is 1. The first-order chi connectivity index (χ1) is 13.6. The molecule has 154 valence electrons. The molecule has 0 bridgehead atoms. The van der Waals surface area contributed by atoms with Crippen molar-refractivity contribution in [2.24, 2.45) is 0 Å². The van der Waals surface area contributed by atoms with Crippen molar-refractivity contribution in [2.45, 2.75) is 63.5 Å². The molecule has 1 saturated heterocycles. The van der Waals surface area contributed by atoms with Crippen molar-refractivity contribution < 1.29 is 9.59 Å². The van der Waals surface area contributed by atoms with Crippen molar-refractivity contribution in [1.29, 1.82) is 0 Å². The lowest BCUT2D eigenvalue weighted by atomic mass is 9.96. The molecule has 1 saturated carbocycles. The van der Waals surface area contributed by atoms with Gasteiger partial charge in [-0.3, -0.25) is 4.79 Å². The van der Waals surface area contributed by atoms with Crippen molar-refractivity contribution in [3.05, 3.63) is 29.3 Å². The number of amides is 3. The highest BCUT2D eigenvalue weighted by molar-refractivity contribution is 6.30. The second-order valence-corrected chi connectivity index (χ2v) is 8.31. The van der Waals surface area contributed by atoms with Gasteiger partial charge in [0, 0.05) is 48.8 Å². The lowest BCUT2D eigenvalue weighted by Gasteiger charge is -2.32. The molecule has 0 radical (unpaired) electrons. The average molecular weight is 407 g/mol. The van der Waals surface area contributed by atoms with Crippen LogP contribution in [0.15, 0.2) is 24.3 Å². The fourth-order valence-electron chi connectivity index (χ4n) is 4.01. The number of likely N-dealkylation sites (tertiary alicyclic amines) is 1. The Balaban J connectivity index is 1.30. The normalized spacial score (nSPS) is 19.2. The summed E-state index contributed by atoms with van der Waals surface area (Å²) < 4.78 is 0. The van der Waals surface area contributed by atoms with Gasteiger partial charge in [0.25, 0.3) is 0 Å². The predicted molar refractivity (Wildman–Crippen MR) is 113 cm³/mol. The summed E-state index contributed by atoms with van der Waals surface area (Å²) in [6.07, 6.45) is 8.22. The van der Waals surface area contributed by atoms with E-state index in [1.807, 2.05) is 12.1 Å². The molecule has 3 rings (SSSR count). The molecule has 1 heterocycles. The maximum Gasteiger partial charge on any atom is 0.315 e. The lowest BCUT2D eigenvalue weighted by Crippen LogP contribution is -2.50.